The average molecular weight is 253 g/mol. The summed E-state index contributed by atoms with van der Waals surface area (Å²) < 4.78 is 0. The van der Waals surface area contributed by atoms with Gasteiger partial charge in [0.1, 0.15) is 0 Å². The van der Waals surface area contributed by atoms with Crippen LogP contribution in [0.15, 0.2) is 0 Å². The van der Waals surface area contributed by atoms with Crippen molar-refractivity contribution in [3.05, 3.63) is 0 Å². The lowest BCUT2D eigenvalue weighted by Gasteiger charge is -2.36. The van der Waals surface area contributed by atoms with Crippen molar-refractivity contribution in [3.8, 4) is 0 Å². The van der Waals surface area contributed by atoms with Gasteiger partial charge in [-0.3, -0.25) is 0 Å². The summed E-state index contributed by atoms with van der Waals surface area (Å²) in [5, 5.41) is 13.4. The molecule has 0 radical (unpaired) electrons. The van der Waals surface area contributed by atoms with Crippen LogP contribution >= 0.6 is 0 Å². The van der Waals surface area contributed by atoms with Gasteiger partial charge in [-0.15, -0.1) is 0 Å². The van der Waals surface area contributed by atoms with Gasteiger partial charge in [0.2, 0.25) is 0 Å². The predicted molar refractivity (Wildman–Crippen MR) is 76.7 cm³/mol. The molecule has 2 fully saturated rings. The maximum atomic E-state index is 9.68. The van der Waals surface area contributed by atoms with Crippen LogP contribution in [0.3, 0.4) is 0 Å². The van der Waals surface area contributed by atoms with Crippen molar-refractivity contribution in [2.45, 2.75) is 70.6 Å². The van der Waals surface area contributed by atoms with Crippen LogP contribution in [0.4, 0.5) is 0 Å². The Morgan fingerprint density at radius 3 is 2.11 bits per heavy atom. The first-order valence-electron chi connectivity index (χ1n) is 8.16. The first-order valence-corrected chi connectivity index (χ1v) is 8.16. The minimum atomic E-state index is 0.211. The number of aliphatic hydroxyl groups excluding tert-OH is 1. The molecule has 0 saturated heterocycles. The average Bonchev–Trinajstić information content (AvgIpc) is 2.69. The van der Waals surface area contributed by atoms with Crippen molar-refractivity contribution >= 4 is 0 Å². The van der Waals surface area contributed by atoms with Crippen LogP contribution in [0.5, 0.6) is 0 Å². The van der Waals surface area contributed by atoms with Gasteiger partial charge >= 0.3 is 0 Å². The summed E-state index contributed by atoms with van der Waals surface area (Å²) in [6, 6.07) is 0. The van der Waals surface area contributed by atoms with Gasteiger partial charge in [-0.05, 0) is 38.1 Å². The molecule has 0 aromatic carbocycles. The van der Waals surface area contributed by atoms with Gasteiger partial charge in [0.15, 0.2) is 0 Å². The molecule has 2 aliphatic rings. The van der Waals surface area contributed by atoms with Gasteiger partial charge in [0, 0.05) is 18.6 Å². The van der Waals surface area contributed by atoms with E-state index in [0.717, 1.165) is 12.5 Å². The second-order valence-corrected chi connectivity index (χ2v) is 6.71. The fourth-order valence-electron chi connectivity index (χ4n) is 3.80. The van der Waals surface area contributed by atoms with E-state index in [1.54, 1.807) is 0 Å². The van der Waals surface area contributed by atoms with Gasteiger partial charge in [0.05, 0.1) is 0 Å². The van der Waals surface area contributed by atoms with Gasteiger partial charge in [-0.1, -0.05) is 44.9 Å². The molecular formula is C16H31NO. The van der Waals surface area contributed by atoms with E-state index in [1.165, 1.54) is 77.2 Å². The highest BCUT2D eigenvalue weighted by atomic mass is 16.3. The predicted octanol–water partition coefficient (Wildman–Crippen LogP) is 3.49. The molecule has 2 N–H and O–H groups in total. The Bertz CT molecular complexity index is 215. The quantitative estimate of drug-likeness (QED) is 0.735. The third-order valence-corrected chi connectivity index (χ3v) is 5.16. The second kappa shape index (κ2) is 7.49. The fourth-order valence-corrected chi connectivity index (χ4v) is 3.80. The zero-order valence-electron chi connectivity index (χ0n) is 11.9. The van der Waals surface area contributed by atoms with E-state index < -0.39 is 0 Å². The van der Waals surface area contributed by atoms with Gasteiger partial charge in [-0.25, -0.2) is 0 Å². The van der Waals surface area contributed by atoms with E-state index in [4.69, 9.17) is 0 Å². The molecule has 0 unspecified atom stereocenters. The summed E-state index contributed by atoms with van der Waals surface area (Å²) in [6.07, 6.45) is 15.0. The number of aliphatic hydroxyl groups is 1. The third kappa shape index (κ3) is 4.24. The minimum absolute atomic E-state index is 0.211. The van der Waals surface area contributed by atoms with Crippen LogP contribution in [-0.2, 0) is 0 Å². The molecule has 106 valence electrons. The monoisotopic (exact) mass is 253 g/mol. The SMILES string of the molecule is OCC1(CNCC2CCCCCC2)CCCCC1. The second-order valence-electron chi connectivity index (χ2n) is 6.71. The molecule has 0 amide bonds. The molecule has 0 aliphatic heterocycles. The van der Waals surface area contributed by atoms with E-state index in [-0.39, 0.29) is 5.41 Å². The molecule has 0 spiro atoms. The molecule has 2 aliphatic carbocycles. The number of hydrogen-bond donors (Lipinski definition) is 2. The maximum Gasteiger partial charge on any atom is 0.0499 e. The molecule has 0 bridgehead atoms. The van der Waals surface area contributed by atoms with Gasteiger partial charge in [-0.2, -0.15) is 0 Å². The van der Waals surface area contributed by atoms with E-state index in [9.17, 15) is 5.11 Å². The smallest absolute Gasteiger partial charge is 0.0499 e. The van der Waals surface area contributed by atoms with Crippen molar-refractivity contribution in [2.75, 3.05) is 19.7 Å². The Hall–Kier alpha value is -0.0800. The van der Waals surface area contributed by atoms with Crippen molar-refractivity contribution in [1.82, 2.24) is 5.32 Å². The van der Waals surface area contributed by atoms with Crippen molar-refractivity contribution < 1.29 is 5.11 Å². The first-order chi connectivity index (χ1) is 8.85. The summed E-state index contributed by atoms with van der Waals surface area (Å²) in [5.41, 5.74) is 0.211. The van der Waals surface area contributed by atoms with E-state index >= 15 is 0 Å². The molecule has 0 aromatic rings. The van der Waals surface area contributed by atoms with Crippen molar-refractivity contribution in [3.63, 3.8) is 0 Å². The van der Waals surface area contributed by atoms with Crippen LogP contribution in [0.1, 0.15) is 70.6 Å². The highest BCUT2D eigenvalue weighted by molar-refractivity contribution is 4.84. The Balaban J connectivity index is 1.69. The number of nitrogens with one attached hydrogen (secondary N) is 1. The van der Waals surface area contributed by atoms with Crippen LogP contribution < -0.4 is 5.32 Å². The largest absolute Gasteiger partial charge is 0.396 e. The zero-order valence-corrected chi connectivity index (χ0v) is 11.9. The maximum absolute atomic E-state index is 9.68. The van der Waals surface area contributed by atoms with Crippen molar-refractivity contribution in [1.29, 1.82) is 0 Å². The molecule has 2 nitrogen and oxygen atoms in total. The molecule has 0 atom stereocenters. The summed E-state index contributed by atoms with van der Waals surface area (Å²) in [6.45, 7) is 2.60. The standard InChI is InChI=1S/C16H31NO/c18-14-16(10-6-3-7-11-16)13-17-12-15-8-4-1-2-5-9-15/h15,17-18H,1-14H2. The normalized spacial score (nSPS) is 25.8. The lowest BCUT2D eigenvalue weighted by atomic mass is 9.74. The molecule has 18 heavy (non-hydrogen) atoms. The molecule has 2 rings (SSSR count). The highest BCUT2D eigenvalue weighted by Gasteiger charge is 2.31. The molecule has 2 saturated carbocycles. The van der Waals surface area contributed by atoms with Gasteiger partial charge < -0.3 is 10.4 Å². The highest BCUT2D eigenvalue weighted by Crippen LogP contribution is 2.35. The first kappa shape index (κ1) is 14.3. The van der Waals surface area contributed by atoms with Crippen LogP contribution in [0.2, 0.25) is 0 Å². The van der Waals surface area contributed by atoms with Crippen LogP contribution in [0, 0.1) is 11.3 Å². The minimum Gasteiger partial charge on any atom is -0.396 e. The summed E-state index contributed by atoms with van der Waals surface area (Å²) in [7, 11) is 0. The lowest BCUT2D eigenvalue weighted by molar-refractivity contribution is 0.0801. The summed E-state index contributed by atoms with van der Waals surface area (Å²) in [4.78, 5) is 0. The molecular weight excluding hydrogens is 222 g/mol. The lowest BCUT2D eigenvalue weighted by Crippen LogP contribution is -2.40. The van der Waals surface area contributed by atoms with Crippen molar-refractivity contribution in [2.24, 2.45) is 11.3 Å². The summed E-state index contributed by atoms with van der Waals surface area (Å²) in [5.74, 6) is 0.895. The molecule has 0 heterocycles. The van der Waals surface area contributed by atoms with Crippen LogP contribution in [-0.4, -0.2) is 24.8 Å². The van der Waals surface area contributed by atoms with E-state index in [0.29, 0.717) is 6.61 Å². The topological polar surface area (TPSA) is 32.3 Å². The summed E-state index contributed by atoms with van der Waals surface area (Å²) >= 11 is 0. The van der Waals surface area contributed by atoms with E-state index in [2.05, 4.69) is 5.32 Å². The molecule has 2 heteroatoms. The van der Waals surface area contributed by atoms with Gasteiger partial charge in [0.25, 0.3) is 0 Å². The Kier molecular flexibility index (Phi) is 5.97. The third-order valence-electron chi connectivity index (χ3n) is 5.16. The van der Waals surface area contributed by atoms with E-state index in [1.807, 2.05) is 0 Å². The molecule has 0 aromatic heterocycles. The zero-order chi connectivity index (χ0) is 12.7. The Morgan fingerprint density at radius 2 is 1.50 bits per heavy atom. The fraction of sp³-hybridized carbons (Fsp3) is 1.00. The number of hydrogen-bond acceptors (Lipinski definition) is 2. The van der Waals surface area contributed by atoms with Crippen LogP contribution in [0.25, 0.3) is 0 Å². The Morgan fingerprint density at radius 1 is 0.889 bits per heavy atom. The number of rotatable bonds is 5. The Labute approximate surface area is 113 Å².